The molecule has 0 bridgehead atoms. The minimum atomic E-state index is -0.788. The average Bonchev–Trinajstić information content (AvgIpc) is 3.42. The smallest absolute Gasteiger partial charge is 0.110 e. The molecule has 0 saturated heterocycles. The first-order chi connectivity index (χ1) is 17.9. The summed E-state index contributed by atoms with van der Waals surface area (Å²) in [6, 6.07) is 19.2. The van der Waals surface area contributed by atoms with Crippen LogP contribution < -0.4 is 0 Å². The fourth-order valence-corrected chi connectivity index (χ4v) is 4.68. The Morgan fingerprint density at radius 3 is 1.76 bits per heavy atom. The van der Waals surface area contributed by atoms with Crippen molar-refractivity contribution in [1.82, 2.24) is 0 Å². The summed E-state index contributed by atoms with van der Waals surface area (Å²) in [6.45, 7) is 17.5. The molecule has 0 aromatic heterocycles. The van der Waals surface area contributed by atoms with Gasteiger partial charge < -0.3 is 19.3 Å². The molecular formula is C34H52O4. The van der Waals surface area contributed by atoms with E-state index in [1.807, 2.05) is 6.07 Å². The van der Waals surface area contributed by atoms with Gasteiger partial charge in [0.25, 0.3) is 0 Å². The topological polar surface area (TPSA) is 47.9 Å². The lowest BCUT2D eigenvalue weighted by atomic mass is 9.92. The molecule has 2 aromatic rings. The maximum Gasteiger partial charge on any atom is 0.110 e. The number of rotatable bonds is 14. The molecule has 0 radical (unpaired) electrons. The van der Waals surface area contributed by atoms with Crippen LogP contribution in [0.15, 0.2) is 54.6 Å². The van der Waals surface area contributed by atoms with Crippen LogP contribution in [0.1, 0.15) is 92.7 Å². The Labute approximate surface area is 232 Å². The molecule has 4 nitrogen and oxygen atoms in total. The fourth-order valence-electron chi connectivity index (χ4n) is 4.68. The van der Waals surface area contributed by atoms with Crippen molar-refractivity contribution in [2.45, 2.75) is 111 Å². The van der Waals surface area contributed by atoms with E-state index in [1.165, 1.54) is 29.5 Å². The van der Waals surface area contributed by atoms with Crippen LogP contribution in [-0.4, -0.2) is 41.7 Å². The van der Waals surface area contributed by atoms with E-state index in [-0.39, 0.29) is 23.9 Å². The predicted octanol–water partition coefficient (Wildman–Crippen LogP) is 8.23. The lowest BCUT2D eigenvalue weighted by Gasteiger charge is -2.37. The van der Waals surface area contributed by atoms with E-state index >= 15 is 0 Å². The zero-order chi connectivity index (χ0) is 27.9. The minimum absolute atomic E-state index is 0.0918. The Morgan fingerprint density at radius 2 is 1.24 bits per heavy atom. The Balaban J connectivity index is 1.84. The second kappa shape index (κ2) is 13.6. The quantitative estimate of drug-likeness (QED) is 0.270. The summed E-state index contributed by atoms with van der Waals surface area (Å²) in [7, 11) is 0. The van der Waals surface area contributed by atoms with Gasteiger partial charge in [-0.15, -0.1) is 0 Å². The van der Waals surface area contributed by atoms with E-state index in [9.17, 15) is 5.11 Å². The molecule has 0 aliphatic heterocycles. The molecule has 0 unspecified atom stereocenters. The normalized spacial score (nSPS) is 17.8. The van der Waals surface area contributed by atoms with Crippen LogP contribution in [0.4, 0.5) is 0 Å². The van der Waals surface area contributed by atoms with Crippen molar-refractivity contribution in [3.63, 3.8) is 0 Å². The summed E-state index contributed by atoms with van der Waals surface area (Å²) in [5.74, 6) is 1.10. The van der Waals surface area contributed by atoms with Crippen LogP contribution in [0, 0.1) is 17.8 Å². The highest BCUT2D eigenvalue weighted by Gasteiger charge is 2.35. The maximum atomic E-state index is 11.4. The van der Waals surface area contributed by atoms with E-state index in [0.29, 0.717) is 24.4 Å². The van der Waals surface area contributed by atoms with Crippen molar-refractivity contribution in [2.24, 2.45) is 17.8 Å². The molecule has 0 amide bonds. The summed E-state index contributed by atoms with van der Waals surface area (Å²) in [5.41, 5.74) is 2.92. The van der Waals surface area contributed by atoms with Crippen molar-refractivity contribution < 1.29 is 19.3 Å². The largest absolute Gasteiger partial charge is 0.388 e. The fraction of sp³-hybridized carbons (Fsp3) is 0.647. The predicted molar refractivity (Wildman–Crippen MR) is 157 cm³/mol. The van der Waals surface area contributed by atoms with Gasteiger partial charge in [0, 0.05) is 0 Å². The summed E-state index contributed by atoms with van der Waals surface area (Å²) in [5, 5.41) is 11.4. The first-order valence-electron chi connectivity index (χ1n) is 14.7. The number of aliphatic hydroxyl groups is 1. The van der Waals surface area contributed by atoms with Crippen molar-refractivity contribution >= 4 is 0 Å². The van der Waals surface area contributed by atoms with E-state index in [4.69, 9.17) is 14.2 Å². The highest BCUT2D eigenvalue weighted by molar-refractivity contribution is 5.63. The third kappa shape index (κ3) is 8.39. The lowest BCUT2D eigenvalue weighted by Crippen LogP contribution is -2.44. The molecule has 2 aromatic carbocycles. The molecule has 212 valence electrons. The molecule has 1 saturated carbocycles. The highest BCUT2D eigenvalue weighted by Crippen LogP contribution is 2.40. The van der Waals surface area contributed by atoms with E-state index in [0.717, 1.165) is 12.8 Å². The zero-order valence-corrected chi connectivity index (χ0v) is 25.1. The van der Waals surface area contributed by atoms with E-state index in [1.54, 1.807) is 0 Å². The lowest BCUT2D eigenvalue weighted by molar-refractivity contribution is -0.178. The SMILES string of the molecule is CC(C)C(C)(C)OC[C@H](O[C@H](c1ccc(-c2ccccc2)cc1)C1CCCC1)[C@@H](O)COC(C)(C)C(C)C. The van der Waals surface area contributed by atoms with Crippen molar-refractivity contribution in [2.75, 3.05) is 13.2 Å². The number of aliphatic hydroxyl groups excluding tert-OH is 1. The van der Waals surface area contributed by atoms with Gasteiger partial charge in [-0.05, 0) is 75.0 Å². The molecule has 1 aliphatic rings. The molecule has 3 atom stereocenters. The minimum Gasteiger partial charge on any atom is -0.388 e. The summed E-state index contributed by atoms with van der Waals surface area (Å²) in [6.07, 6.45) is 3.36. The van der Waals surface area contributed by atoms with Crippen LogP contribution in [0.5, 0.6) is 0 Å². The van der Waals surface area contributed by atoms with Crippen molar-refractivity contribution in [1.29, 1.82) is 0 Å². The Hall–Kier alpha value is -1.72. The molecule has 1 fully saturated rings. The first-order valence-corrected chi connectivity index (χ1v) is 14.7. The molecule has 1 aliphatic carbocycles. The third-order valence-corrected chi connectivity index (χ3v) is 8.95. The maximum absolute atomic E-state index is 11.4. The van der Waals surface area contributed by atoms with Gasteiger partial charge in [0.1, 0.15) is 12.2 Å². The van der Waals surface area contributed by atoms with Gasteiger partial charge in [-0.1, -0.05) is 95.1 Å². The molecule has 38 heavy (non-hydrogen) atoms. The Morgan fingerprint density at radius 1 is 0.737 bits per heavy atom. The molecule has 4 heteroatoms. The Kier molecular flexibility index (Phi) is 11.0. The van der Waals surface area contributed by atoms with Gasteiger partial charge >= 0.3 is 0 Å². The number of hydrogen-bond donors (Lipinski definition) is 1. The van der Waals surface area contributed by atoms with Gasteiger partial charge in [-0.3, -0.25) is 0 Å². The van der Waals surface area contributed by atoms with Crippen LogP contribution in [0.2, 0.25) is 0 Å². The number of hydrogen-bond acceptors (Lipinski definition) is 4. The first kappa shape index (κ1) is 30.8. The Bertz CT molecular complexity index is 942. The average molecular weight is 525 g/mol. The van der Waals surface area contributed by atoms with Crippen LogP contribution >= 0.6 is 0 Å². The molecular weight excluding hydrogens is 472 g/mol. The molecule has 1 N–H and O–H groups in total. The second-order valence-electron chi connectivity index (χ2n) is 12.8. The zero-order valence-electron chi connectivity index (χ0n) is 25.1. The standard InChI is InChI=1S/C34H52O4/c1-24(2)33(5,6)36-22-30(35)31(23-37-34(7,8)25(3)4)38-32(28-16-12-13-17-28)29-20-18-27(19-21-29)26-14-10-9-11-15-26/h9-11,14-15,18-21,24-25,28,30-32,35H,12-13,16-17,22-23H2,1-8H3/t30-,31-,32-/m0/s1. The molecule has 0 spiro atoms. The molecule has 0 heterocycles. The van der Waals surface area contributed by atoms with E-state index < -0.39 is 12.2 Å². The van der Waals surface area contributed by atoms with Gasteiger partial charge in [0.15, 0.2) is 0 Å². The summed E-state index contributed by atoms with van der Waals surface area (Å²) >= 11 is 0. The van der Waals surface area contributed by atoms with Crippen molar-refractivity contribution in [3.8, 4) is 11.1 Å². The monoisotopic (exact) mass is 524 g/mol. The van der Waals surface area contributed by atoms with E-state index in [2.05, 4.69) is 104 Å². The van der Waals surface area contributed by atoms with Gasteiger partial charge in [-0.25, -0.2) is 0 Å². The van der Waals surface area contributed by atoms with Crippen molar-refractivity contribution in [3.05, 3.63) is 60.2 Å². The molecule has 3 rings (SSSR count). The van der Waals surface area contributed by atoms with Crippen LogP contribution in [0.3, 0.4) is 0 Å². The van der Waals surface area contributed by atoms with Gasteiger partial charge in [0.05, 0.1) is 30.5 Å². The van der Waals surface area contributed by atoms with Gasteiger partial charge in [0.2, 0.25) is 0 Å². The van der Waals surface area contributed by atoms with Crippen LogP contribution in [-0.2, 0) is 14.2 Å². The van der Waals surface area contributed by atoms with Crippen LogP contribution in [0.25, 0.3) is 11.1 Å². The third-order valence-electron chi connectivity index (χ3n) is 8.95. The number of benzene rings is 2. The second-order valence-corrected chi connectivity index (χ2v) is 12.8. The summed E-state index contributed by atoms with van der Waals surface area (Å²) < 4.78 is 19.5. The summed E-state index contributed by atoms with van der Waals surface area (Å²) in [4.78, 5) is 0. The van der Waals surface area contributed by atoms with Gasteiger partial charge in [-0.2, -0.15) is 0 Å². The highest BCUT2D eigenvalue weighted by atomic mass is 16.6. The number of ether oxygens (including phenoxy) is 3.